The Morgan fingerprint density at radius 1 is 1.67 bits per heavy atom. The maximum absolute atomic E-state index is 11.2. The van der Waals surface area contributed by atoms with Gasteiger partial charge in [0.15, 0.2) is 5.76 Å². The van der Waals surface area contributed by atoms with Crippen molar-refractivity contribution in [1.82, 2.24) is 5.16 Å². The van der Waals surface area contributed by atoms with E-state index in [-0.39, 0.29) is 6.42 Å². The number of esters is 1. The number of carbonyl (C=O) groups excluding carboxylic acids is 1. The summed E-state index contributed by atoms with van der Waals surface area (Å²) in [5.41, 5.74) is 6.24. The van der Waals surface area contributed by atoms with Crippen LogP contribution in [0.15, 0.2) is 22.7 Å². The van der Waals surface area contributed by atoms with Crippen LogP contribution in [0.3, 0.4) is 0 Å². The number of rotatable bonds is 4. The molecule has 0 aromatic carbocycles. The number of nitrogens with zero attached hydrogens (tertiary/aromatic N) is 1. The van der Waals surface area contributed by atoms with Crippen molar-refractivity contribution in [3.05, 3.63) is 28.2 Å². The Kier molecular flexibility index (Phi) is 4.00. The first-order valence-electron chi connectivity index (χ1n) is 5.15. The molecule has 2 rings (SSSR count). The van der Waals surface area contributed by atoms with E-state index in [1.165, 1.54) is 18.4 Å². The number of hydrogen-bond donors (Lipinski definition) is 1. The molecular formula is C11H11ClN2O3S. The smallest absolute Gasteiger partial charge is 0.323 e. The first-order valence-corrected chi connectivity index (χ1v) is 6.34. The number of nitrogens with two attached hydrogens (primary N) is 1. The maximum Gasteiger partial charge on any atom is 0.323 e. The van der Waals surface area contributed by atoms with E-state index in [2.05, 4.69) is 9.89 Å². The van der Waals surface area contributed by atoms with Crippen LogP contribution in [-0.4, -0.2) is 24.3 Å². The molecule has 0 fully saturated rings. The monoisotopic (exact) mass is 286 g/mol. The molecule has 18 heavy (non-hydrogen) atoms. The van der Waals surface area contributed by atoms with E-state index in [1.807, 2.05) is 6.07 Å². The second kappa shape index (κ2) is 5.51. The Hall–Kier alpha value is -1.37. The van der Waals surface area contributed by atoms with Gasteiger partial charge in [-0.05, 0) is 12.1 Å². The molecule has 2 N–H and O–H groups in total. The largest absolute Gasteiger partial charge is 0.468 e. The average Bonchev–Trinajstić information content (AvgIpc) is 2.96. The van der Waals surface area contributed by atoms with Gasteiger partial charge in [0.05, 0.1) is 22.0 Å². The second-order valence-corrected chi connectivity index (χ2v) is 5.34. The lowest BCUT2D eigenvalue weighted by Gasteiger charge is -2.05. The van der Waals surface area contributed by atoms with Gasteiger partial charge in [-0.3, -0.25) is 4.79 Å². The number of carbonyl (C=O) groups is 1. The van der Waals surface area contributed by atoms with E-state index < -0.39 is 12.0 Å². The lowest BCUT2D eigenvalue weighted by molar-refractivity contribution is -0.142. The maximum atomic E-state index is 11.2. The number of thiophene rings is 1. The summed E-state index contributed by atoms with van der Waals surface area (Å²) in [5.74, 6) is 0.137. The van der Waals surface area contributed by atoms with Gasteiger partial charge in [-0.25, -0.2) is 0 Å². The molecule has 0 saturated carbocycles. The Morgan fingerprint density at radius 2 is 2.44 bits per heavy atom. The summed E-state index contributed by atoms with van der Waals surface area (Å²) in [4.78, 5) is 12.1. The lowest BCUT2D eigenvalue weighted by atomic mass is 10.1. The van der Waals surface area contributed by atoms with Gasteiger partial charge in [0.2, 0.25) is 0 Å². The zero-order valence-corrected chi connectivity index (χ0v) is 11.1. The predicted molar refractivity (Wildman–Crippen MR) is 68.5 cm³/mol. The molecule has 0 aliphatic rings. The third-order valence-corrected chi connectivity index (χ3v) is 3.55. The molecule has 5 nitrogen and oxygen atoms in total. The topological polar surface area (TPSA) is 78.4 Å². The minimum Gasteiger partial charge on any atom is -0.468 e. The molecule has 2 heterocycles. The Labute approximate surface area is 112 Å². The molecule has 0 aliphatic heterocycles. The van der Waals surface area contributed by atoms with Crippen molar-refractivity contribution in [3.63, 3.8) is 0 Å². The first kappa shape index (κ1) is 13.1. The van der Waals surface area contributed by atoms with Crippen LogP contribution in [0.25, 0.3) is 10.6 Å². The number of halogens is 1. The van der Waals surface area contributed by atoms with Gasteiger partial charge >= 0.3 is 5.97 Å². The van der Waals surface area contributed by atoms with Gasteiger partial charge in [0.1, 0.15) is 6.04 Å². The third kappa shape index (κ3) is 2.90. The van der Waals surface area contributed by atoms with Gasteiger partial charge in [-0.2, -0.15) is 0 Å². The molecule has 2 aromatic heterocycles. The fourth-order valence-electron chi connectivity index (χ4n) is 1.43. The highest BCUT2D eigenvalue weighted by atomic mass is 35.5. The molecule has 0 saturated heterocycles. The average molecular weight is 287 g/mol. The van der Waals surface area contributed by atoms with Crippen molar-refractivity contribution in [2.45, 2.75) is 12.5 Å². The van der Waals surface area contributed by atoms with Gasteiger partial charge in [-0.15, -0.1) is 11.3 Å². The lowest BCUT2D eigenvalue weighted by Crippen LogP contribution is -2.33. The molecular weight excluding hydrogens is 276 g/mol. The van der Waals surface area contributed by atoms with Crippen LogP contribution in [0.2, 0.25) is 4.34 Å². The molecule has 96 valence electrons. The van der Waals surface area contributed by atoms with Crippen LogP contribution >= 0.6 is 22.9 Å². The summed E-state index contributed by atoms with van der Waals surface area (Å²) < 4.78 is 10.4. The summed E-state index contributed by atoms with van der Waals surface area (Å²) in [7, 11) is 1.30. The van der Waals surface area contributed by atoms with Crippen LogP contribution in [0.5, 0.6) is 0 Å². The normalized spacial score (nSPS) is 12.4. The highest BCUT2D eigenvalue weighted by Gasteiger charge is 2.17. The van der Waals surface area contributed by atoms with Crippen molar-refractivity contribution in [1.29, 1.82) is 0 Å². The minimum absolute atomic E-state index is 0.273. The van der Waals surface area contributed by atoms with Crippen molar-refractivity contribution in [2.24, 2.45) is 5.73 Å². The molecule has 0 radical (unpaired) electrons. The highest BCUT2D eigenvalue weighted by molar-refractivity contribution is 7.19. The van der Waals surface area contributed by atoms with Gasteiger partial charge < -0.3 is 15.0 Å². The van der Waals surface area contributed by atoms with Gasteiger partial charge in [0, 0.05) is 12.5 Å². The molecule has 1 atom stereocenters. The standard InChI is InChI=1S/C11H11ClN2O3S/c1-16-11(15)7(13)4-6-5-8(17-14-6)9-2-3-10(12)18-9/h2-3,5,7H,4,13H2,1H3/t7-/m0/s1. The fourth-order valence-corrected chi connectivity index (χ4v) is 2.42. The van der Waals surface area contributed by atoms with Crippen molar-refractivity contribution >= 4 is 28.9 Å². The van der Waals surface area contributed by atoms with Crippen molar-refractivity contribution in [3.8, 4) is 10.6 Å². The predicted octanol–water partition coefficient (Wildman–Crippen LogP) is 2.10. The summed E-state index contributed by atoms with van der Waals surface area (Å²) in [6.07, 6.45) is 0.273. The van der Waals surface area contributed by atoms with E-state index in [4.69, 9.17) is 21.9 Å². The molecule has 0 bridgehead atoms. The number of aromatic nitrogens is 1. The third-order valence-electron chi connectivity index (χ3n) is 2.31. The summed E-state index contributed by atoms with van der Waals surface area (Å²) >= 11 is 7.23. The molecule has 0 amide bonds. The van der Waals surface area contributed by atoms with E-state index in [0.29, 0.717) is 15.8 Å². The van der Waals surface area contributed by atoms with Crippen LogP contribution < -0.4 is 5.73 Å². The number of methoxy groups -OCH3 is 1. The number of ether oxygens (including phenoxy) is 1. The second-order valence-electron chi connectivity index (χ2n) is 3.62. The quantitative estimate of drug-likeness (QED) is 0.871. The van der Waals surface area contributed by atoms with Crippen molar-refractivity contribution in [2.75, 3.05) is 7.11 Å². The van der Waals surface area contributed by atoms with E-state index in [0.717, 1.165) is 4.88 Å². The Morgan fingerprint density at radius 3 is 3.06 bits per heavy atom. The summed E-state index contributed by atoms with van der Waals surface area (Å²) in [6.45, 7) is 0. The summed E-state index contributed by atoms with van der Waals surface area (Å²) in [6, 6.07) is 4.63. The highest BCUT2D eigenvalue weighted by Crippen LogP contribution is 2.31. The molecule has 0 unspecified atom stereocenters. The van der Waals surface area contributed by atoms with E-state index >= 15 is 0 Å². The molecule has 0 aliphatic carbocycles. The van der Waals surface area contributed by atoms with Gasteiger partial charge in [0.25, 0.3) is 0 Å². The fraction of sp³-hybridized carbons (Fsp3) is 0.273. The zero-order chi connectivity index (χ0) is 13.1. The van der Waals surface area contributed by atoms with E-state index in [9.17, 15) is 4.79 Å². The van der Waals surface area contributed by atoms with Crippen LogP contribution in [0.1, 0.15) is 5.69 Å². The van der Waals surface area contributed by atoms with Gasteiger partial charge in [-0.1, -0.05) is 16.8 Å². The summed E-state index contributed by atoms with van der Waals surface area (Å²) in [5, 5.41) is 3.86. The van der Waals surface area contributed by atoms with E-state index in [1.54, 1.807) is 12.1 Å². The first-order chi connectivity index (χ1) is 8.60. The SMILES string of the molecule is COC(=O)[C@@H](N)Cc1cc(-c2ccc(Cl)s2)on1. The Bertz CT molecular complexity index is 552. The molecule has 2 aromatic rings. The van der Waals surface area contributed by atoms with Crippen LogP contribution in [-0.2, 0) is 16.0 Å². The minimum atomic E-state index is -0.736. The molecule has 7 heteroatoms. The van der Waals surface area contributed by atoms with Crippen LogP contribution in [0, 0.1) is 0 Å². The Balaban J connectivity index is 2.09. The van der Waals surface area contributed by atoms with Crippen LogP contribution in [0.4, 0.5) is 0 Å². The van der Waals surface area contributed by atoms with Crippen molar-refractivity contribution < 1.29 is 14.1 Å². The molecule has 0 spiro atoms. The zero-order valence-electron chi connectivity index (χ0n) is 9.55. The number of hydrogen-bond acceptors (Lipinski definition) is 6.